The first-order valence-corrected chi connectivity index (χ1v) is 4.47. The highest BCUT2D eigenvalue weighted by Gasteiger charge is 2.61. The van der Waals surface area contributed by atoms with Gasteiger partial charge in [-0.05, 0) is 12.1 Å². The Morgan fingerprint density at radius 3 is 1.74 bits per heavy atom. The van der Waals surface area contributed by atoms with Crippen molar-refractivity contribution in [2.45, 2.75) is 18.3 Å². The van der Waals surface area contributed by atoms with Gasteiger partial charge in [-0.3, -0.25) is 0 Å². The maximum atomic E-state index is 13.0. The van der Waals surface area contributed by atoms with Crippen LogP contribution in [0.15, 0.2) is 18.2 Å². The smallest absolute Gasteiger partial charge is 0.192 e. The number of benzene rings is 1. The SMILES string of the molecule is N#Cc1ccc(C(F)(F)C(F)(F)F)c(C(F)(F)F)c1. The van der Waals surface area contributed by atoms with E-state index < -0.39 is 35.0 Å². The van der Waals surface area contributed by atoms with Gasteiger partial charge in [0.25, 0.3) is 0 Å². The molecule has 0 amide bonds. The summed E-state index contributed by atoms with van der Waals surface area (Å²) < 4.78 is 99.6. The van der Waals surface area contributed by atoms with E-state index in [0.717, 1.165) is 0 Å². The summed E-state index contributed by atoms with van der Waals surface area (Å²) in [5.41, 5.74) is -5.09. The van der Waals surface area contributed by atoms with Crippen molar-refractivity contribution in [2.24, 2.45) is 0 Å². The molecule has 0 saturated carbocycles. The van der Waals surface area contributed by atoms with Gasteiger partial charge in [0.1, 0.15) is 0 Å². The van der Waals surface area contributed by atoms with Crippen LogP contribution < -0.4 is 0 Å². The zero-order valence-corrected chi connectivity index (χ0v) is 8.70. The van der Waals surface area contributed by atoms with Gasteiger partial charge in [-0.2, -0.15) is 40.4 Å². The molecule has 0 aliphatic carbocycles. The van der Waals surface area contributed by atoms with E-state index in [1.165, 1.54) is 6.07 Å². The summed E-state index contributed by atoms with van der Waals surface area (Å²) in [5, 5.41) is 8.35. The van der Waals surface area contributed by atoms with Gasteiger partial charge in [-0.25, -0.2) is 0 Å². The predicted octanol–water partition coefficient (Wildman–Crippen LogP) is 4.23. The highest BCUT2D eigenvalue weighted by molar-refractivity contribution is 5.42. The Morgan fingerprint density at radius 1 is 0.842 bits per heavy atom. The van der Waals surface area contributed by atoms with Gasteiger partial charge < -0.3 is 0 Å². The minimum absolute atomic E-state index is 0.0466. The van der Waals surface area contributed by atoms with Crippen molar-refractivity contribution in [3.63, 3.8) is 0 Å². The van der Waals surface area contributed by atoms with Crippen molar-refractivity contribution in [3.8, 4) is 6.07 Å². The van der Waals surface area contributed by atoms with Crippen LogP contribution in [-0.4, -0.2) is 6.18 Å². The predicted molar refractivity (Wildman–Crippen MR) is 46.1 cm³/mol. The van der Waals surface area contributed by atoms with Crippen molar-refractivity contribution in [3.05, 3.63) is 34.9 Å². The van der Waals surface area contributed by atoms with Gasteiger partial charge >= 0.3 is 18.3 Å². The maximum Gasteiger partial charge on any atom is 0.458 e. The largest absolute Gasteiger partial charge is 0.458 e. The Hall–Kier alpha value is -1.85. The van der Waals surface area contributed by atoms with Crippen LogP contribution in [0.3, 0.4) is 0 Å². The molecule has 0 N–H and O–H groups in total. The van der Waals surface area contributed by atoms with Gasteiger partial charge in [0, 0.05) is 5.56 Å². The third-order valence-electron chi connectivity index (χ3n) is 2.15. The van der Waals surface area contributed by atoms with Crippen molar-refractivity contribution in [1.29, 1.82) is 5.26 Å². The van der Waals surface area contributed by atoms with Crippen LogP contribution in [0.4, 0.5) is 35.1 Å². The van der Waals surface area contributed by atoms with E-state index >= 15 is 0 Å². The first kappa shape index (κ1) is 15.2. The first-order chi connectivity index (χ1) is 8.41. The highest BCUT2D eigenvalue weighted by Crippen LogP contribution is 2.48. The fraction of sp³-hybridized carbons (Fsp3) is 0.300. The van der Waals surface area contributed by atoms with E-state index in [2.05, 4.69) is 0 Å². The lowest BCUT2D eigenvalue weighted by Crippen LogP contribution is -2.35. The second-order valence-corrected chi connectivity index (χ2v) is 3.44. The molecule has 19 heavy (non-hydrogen) atoms. The lowest BCUT2D eigenvalue weighted by Gasteiger charge is -2.23. The van der Waals surface area contributed by atoms with Crippen molar-refractivity contribution < 1.29 is 35.1 Å². The molecule has 1 aromatic carbocycles. The molecule has 0 atom stereocenters. The van der Waals surface area contributed by atoms with Crippen LogP contribution in [-0.2, 0) is 12.1 Å². The fourth-order valence-electron chi connectivity index (χ4n) is 1.27. The van der Waals surface area contributed by atoms with E-state index in [9.17, 15) is 35.1 Å². The van der Waals surface area contributed by atoms with Crippen LogP contribution in [0, 0.1) is 11.3 Å². The Morgan fingerprint density at radius 2 is 1.37 bits per heavy atom. The average Bonchev–Trinajstić information content (AvgIpc) is 2.25. The summed E-state index contributed by atoms with van der Waals surface area (Å²) in [5.74, 6) is -5.66. The van der Waals surface area contributed by atoms with E-state index in [4.69, 9.17) is 5.26 Å². The van der Waals surface area contributed by atoms with E-state index in [0.29, 0.717) is 6.07 Å². The van der Waals surface area contributed by atoms with Crippen LogP contribution in [0.5, 0.6) is 0 Å². The minimum atomic E-state index is -6.17. The van der Waals surface area contributed by atoms with E-state index in [1.807, 2.05) is 0 Å². The quantitative estimate of drug-likeness (QED) is 0.710. The van der Waals surface area contributed by atoms with E-state index in [1.54, 1.807) is 0 Å². The monoisotopic (exact) mass is 289 g/mol. The van der Waals surface area contributed by atoms with Crippen LogP contribution in [0.2, 0.25) is 0 Å². The average molecular weight is 289 g/mol. The van der Waals surface area contributed by atoms with Crippen LogP contribution in [0.1, 0.15) is 16.7 Å². The lowest BCUT2D eigenvalue weighted by atomic mass is 9.98. The van der Waals surface area contributed by atoms with E-state index in [-0.39, 0.29) is 12.1 Å². The molecule has 0 aromatic heterocycles. The van der Waals surface area contributed by atoms with Gasteiger partial charge in [0.05, 0.1) is 17.2 Å². The highest BCUT2D eigenvalue weighted by atomic mass is 19.4. The summed E-state index contributed by atoms with van der Waals surface area (Å²) in [6.45, 7) is 0. The normalized spacial score (nSPS) is 13.2. The van der Waals surface area contributed by atoms with Crippen molar-refractivity contribution in [2.75, 3.05) is 0 Å². The molecule has 0 bridgehead atoms. The van der Waals surface area contributed by atoms with Gasteiger partial charge in [-0.1, -0.05) is 6.07 Å². The number of nitrogens with zero attached hydrogens (tertiary/aromatic N) is 1. The molecule has 0 fully saturated rings. The molecule has 0 radical (unpaired) electrons. The fourth-order valence-corrected chi connectivity index (χ4v) is 1.27. The Bertz CT molecular complexity index is 520. The molecule has 0 spiro atoms. The second kappa shape index (κ2) is 4.36. The number of halogens is 8. The summed E-state index contributed by atoms with van der Waals surface area (Å²) in [4.78, 5) is 0. The molecule has 0 heterocycles. The minimum Gasteiger partial charge on any atom is -0.192 e. The lowest BCUT2D eigenvalue weighted by molar-refractivity contribution is -0.291. The number of hydrogen-bond acceptors (Lipinski definition) is 1. The molecular formula is C10H3F8N. The third-order valence-corrected chi connectivity index (χ3v) is 2.15. The molecule has 1 nitrogen and oxygen atoms in total. The van der Waals surface area contributed by atoms with Crippen LogP contribution >= 0.6 is 0 Å². The zero-order valence-electron chi connectivity index (χ0n) is 8.70. The topological polar surface area (TPSA) is 23.8 Å². The number of hydrogen-bond donors (Lipinski definition) is 0. The van der Waals surface area contributed by atoms with Crippen LogP contribution in [0.25, 0.3) is 0 Å². The molecule has 9 heteroatoms. The molecule has 0 unspecified atom stereocenters. The molecule has 0 saturated heterocycles. The summed E-state index contributed by atoms with van der Waals surface area (Å²) >= 11 is 0. The molecule has 1 aromatic rings. The zero-order chi connectivity index (χ0) is 15.1. The molecule has 1 rings (SSSR count). The van der Waals surface area contributed by atoms with Crippen molar-refractivity contribution >= 4 is 0 Å². The summed E-state index contributed by atoms with van der Waals surface area (Å²) in [7, 11) is 0. The third kappa shape index (κ3) is 2.77. The van der Waals surface area contributed by atoms with Gasteiger partial charge in [-0.15, -0.1) is 0 Å². The Labute approximate surface area is 101 Å². The molecule has 104 valence electrons. The number of rotatable bonds is 1. The molecule has 0 aliphatic heterocycles. The van der Waals surface area contributed by atoms with Gasteiger partial charge in [0.15, 0.2) is 0 Å². The van der Waals surface area contributed by atoms with Gasteiger partial charge in [0.2, 0.25) is 0 Å². The Kier molecular flexibility index (Phi) is 3.49. The molecular weight excluding hydrogens is 286 g/mol. The summed E-state index contributed by atoms with van der Waals surface area (Å²) in [6, 6.07) is 1.60. The number of nitriles is 1. The Balaban J connectivity index is 3.58. The second-order valence-electron chi connectivity index (χ2n) is 3.44. The first-order valence-electron chi connectivity index (χ1n) is 4.47. The standard InChI is InChI=1S/C10H3F8N/c11-8(12,10(16,17)18)6-2-1-5(4-19)3-7(6)9(13,14)15/h1-3H. The van der Waals surface area contributed by atoms with Crippen molar-refractivity contribution in [1.82, 2.24) is 0 Å². The number of alkyl halides is 8. The summed E-state index contributed by atoms with van der Waals surface area (Å²) in [6.07, 6.45) is -11.6. The molecule has 0 aliphatic rings. The maximum absolute atomic E-state index is 13.0.